The van der Waals surface area contributed by atoms with Crippen LogP contribution in [0, 0.1) is 5.92 Å². The number of H-pyrrole nitrogens is 2. The maximum absolute atomic E-state index is 12.9. The van der Waals surface area contributed by atoms with Crippen molar-refractivity contribution < 1.29 is 28.7 Å². The summed E-state index contributed by atoms with van der Waals surface area (Å²) in [4.78, 5) is 69.2. The summed E-state index contributed by atoms with van der Waals surface area (Å²) in [5.41, 5.74) is 7.79. The maximum atomic E-state index is 12.9. The number of ether oxygens (including phenoxy) is 2. The van der Waals surface area contributed by atoms with Crippen molar-refractivity contribution in [1.82, 2.24) is 45.8 Å². The molecule has 0 aliphatic carbocycles. The number of likely N-dealkylation sites (tertiary alicyclic amines) is 1. The maximum Gasteiger partial charge on any atom is 0.407 e. The number of aryl methyl sites for hydroxylation is 1. The molecule has 3 unspecified atom stereocenters. The fourth-order valence-corrected chi connectivity index (χ4v) is 7.11. The van der Waals surface area contributed by atoms with Gasteiger partial charge in [0, 0.05) is 30.1 Å². The minimum atomic E-state index is -0.827. The zero-order valence-electron chi connectivity index (χ0n) is 34.7. The van der Waals surface area contributed by atoms with Crippen LogP contribution in [0.3, 0.4) is 0 Å². The Morgan fingerprint density at radius 2 is 1.62 bits per heavy atom. The first-order chi connectivity index (χ1) is 29.1. The van der Waals surface area contributed by atoms with Gasteiger partial charge in [-0.1, -0.05) is 62.4 Å². The molecule has 3 aromatic carbocycles. The lowest BCUT2D eigenvalue weighted by molar-refractivity contribution is -0.123. The zero-order valence-corrected chi connectivity index (χ0v) is 34.7. The zero-order chi connectivity index (χ0) is 42.6. The van der Waals surface area contributed by atoms with Crippen LogP contribution in [0.15, 0.2) is 85.2 Å². The number of hydrogen-bond donors (Lipinski definition) is 5. The molecule has 0 bridgehead atoms. The van der Waals surface area contributed by atoms with E-state index < -0.39 is 24.3 Å². The second-order valence-corrected chi connectivity index (χ2v) is 15.1. The van der Waals surface area contributed by atoms with E-state index in [4.69, 9.17) is 14.7 Å². The number of nitrogens with one attached hydrogen (secondary N) is 5. The number of rotatable bonds is 14. The molecule has 3 atom stereocenters. The Morgan fingerprint density at radius 3 is 2.33 bits per heavy atom. The van der Waals surface area contributed by atoms with Gasteiger partial charge in [0.15, 0.2) is 0 Å². The van der Waals surface area contributed by atoms with E-state index in [1.54, 1.807) is 12.1 Å². The van der Waals surface area contributed by atoms with Crippen molar-refractivity contribution in [2.24, 2.45) is 5.92 Å². The number of amides is 3. The van der Waals surface area contributed by atoms with Crippen LogP contribution in [0.4, 0.5) is 9.59 Å². The average molecular weight is 816 g/mol. The summed E-state index contributed by atoms with van der Waals surface area (Å²) in [5.74, 6) is 1.73. The monoisotopic (exact) mass is 815 g/mol. The van der Waals surface area contributed by atoms with Gasteiger partial charge >= 0.3 is 12.2 Å². The largest absolute Gasteiger partial charge is 0.453 e. The van der Waals surface area contributed by atoms with E-state index in [1.807, 2.05) is 44.4 Å². The Bertz CT molecular complexity index is 2390. The number of alkyl carbamates (subject to hydrolysis) is 2. The van der Waals surface area contributed by atoms with E-state index in [9.17, 15) is 19.2 Å². The van der Waals surface area contributed by atoms with Crippen molar-refractivity contribution >= 4 is 46.3 Å². The molecule has 1 aliphatic heterocycles. The van der Waals surface area contributed by atoms with Gasteiger partial charge in [0.1, 0.15) is 24.0 Å². The normalized spacial score (nSPS) is 14.9. The third-order valence-electron chi connectivity index (χ3n) is 10.6. The highest BCUT2D eigenvalue weighted by atomic mass is 16.5. The molecule has 0 radical (unpaired) electrons. The number of hydrogen-bond acceptors (Lipinski definition) is 10. The summed E-state index contributed by atoms with van der Waals surface area (Å²) in [6, 6.07) is 23.1. The topological polar surface area (TPSA) is 196 Å². The first kappa shape index (κ1) is 43.0. The number of carbonyl (C=O) groups is 4. The summed E-state index contributed by atoms with van der Waals surface area (Å²) >= 11 is 0. The van der Waals surface area contributed by atoms with Crippen LogP contribution in [0.2, 0.25) is 0 Å². The van der Waals surface area contributed by atoms with E-state index >= 15 is 0 Å². The van der Waals surface area contributed by atoms with Gasteiger partial charge in [-0.05, 0) is 86.1 Å². The van der Waals surface area contributed by atoms with Crippen LogP contribution in [0.25, 0.3) is 44.3 Å². The Morgan fingerprint density at radius 1 is 0.867 bits per heavy atom. The van der Waals surface area contributed by atoms with Crippen LogP contribution >= 0.6 is 0 Å². The molecule has 15 nitrogen and oxygen atoms in total. The molecule has 7 rings (SSSR count). The van der Waals surface area contributed by atoms with E-state index in [2.05, 4.69) is 90.1 Å². The summed E-state index contributed by atoms with van der Waals surface area (Å²) < 4.78 is 9.02. The predicted octanol–water partition coefficient (Wildman–Crippen LogP) is 7.04. The van der Waals surface area contributed by atoms with Crippen LogP contribution < -0.4 is 16.0 Å². The smallest absolute Gasteiger partial charge is 0.407 e. The van der Waals surface area contributed by atoms with Gasteiger partial charge in [-0.2, -0.15) is 0 Å². The molecular formula is C45H53N9O6. The van der Waals surface area contributed by atoms with Crippen molar-refractivity contribution in [3.05, 3.63) is 102 Å². The van der Waals surface area contributed by atoms with Gasteiger partial charge in [-0.15, -0.1) is 0 Å². The number of aromatic amines is 2. The Hall–Kier alpha value is -6.61. The van der Waals surface area contributed by atoms with E-state index in [0.717, 1.165) is 88.2 Å². The molecule has 60 heavy (non-hydrogen) atoms. The third kappa shape index (κ3) is 10.9. The second kappa shape index (κ2) is 20.4. The summed E-state index contributed by atoms with van der Waals surface area (Å²) in [7, 11) is 4.70. The molecule has 6 aromatic rings. The van der Waals surface area contributed by atoms with Gasteiger partial charge in [0.2, 0.25) is 5.91 Å². The van der Waals surface area contributed by atoms with Gasteiger partial charge in [-0.25, -0.2) is 19.6 Å². The summed E-state index contributed by atoms with van der Waals surface area (Å²) in [6.07, 6.45) is 7.85. The molecule has 3 amide bonds. The Balaban J connectivity index is 0.000000483. The molecular weight excluding hydrogens is 763 g/mol. The summed E-state index contributed by atoms with van der Waals surface area (Å²) in [6.45, 7) is 5.27. The second-order valence-electron chi connectivity index (χ2n) is 15.1. The van der Waals surface area contributed by atoms with Crippen molar-refractivity contribution in [1.29, 1.82) is 0 Å². The number of benzene rings is 3. The van der Waals surface area contributed by atoms with Crippen molar-refractivity contribution in [2.45, 2.75) is 64.1 Å². The molecule has 0 saturated carbocycles. The quantitative estimate of drug-likeness (QED) is 0.0562. The number of fused-ring (bicyclic) bond motifs is 2. The molecule has 1 fully saturated rings. The lowest BCUT2D eigenvalue weighted by Gasteiger charge is -2.18. The van der Waals surface area contributed by atoms with Crippen LogP contribution in [-0.4, -0.2) is 94.6 Å². The molecule has 5 N–H and O–H groups in total. The van der Waals surface area contributed by atoms with Crippen molar-refractivity contribution in [3.8, 4) is 22.4 Å². The molecule has 314 valence electrons. The first-order valence-electron chi connectivity index (χ1n) is 20.2. The van der Waals surface area contributed by atoms with Gasteiger partial charge in [0.25, 0.3) is 0 Å². The Labute approximate surface area is 349 Å². The SMILES string of the molecule is COC(=O)NC(C(=O)NCCCCc1ncc(-c2cnc3cc(-c4ccc5nc(C6CCCN6C)[nH]c5c4)ccc3c2)[nH]1)c1ccccc1.COC(=O)NC(C=O)C(C)C. The van der Waals surface area contributed by atoms with Crippen LogP contribution in [-0.2, 0) is 25.5 Å². The molecule has 1 saturated heterocycles. The van der Waals surface area contributed by atoms with Gasteiger partial charge < -0.3 is 40.2 Å². The molecule has 15 heteroatoms. The number of unbranched alkanes of at least 4 members (excludes halogenated alkanes) is 1. The average Bonchev–Trinajstić information content (AvgIpc) is 4.04. The fraction of sp³-hybridized carbons (Fsp3) is 0.356. The Kier molecular flexibility index (Phi) is 14.6. The highest BCUT2D eigenvalue weighted by Crippen LogP contribution is 2.32. The summed E-state index contributed by atoms with van der Waals surface area (Å²) in [5, 5.41) is 8.97. The highest BCUT2D eigenvalue weighted by Gasteiger charge is 2.26. The number of aromatic nitrogens is 5. The number of pyridine rings is 1. The minimum Gasteiger partial charge on any atom is -0.453 e. The standard InChI is InChI=1S/C38H40N8O3.C7H13NO3/c1-46-18-8-11-33(46)36-43-29-16-15-26(21-31(29)44-36)25-13-14-27-19-28(22-40-30(27)20-25)32-23-41-34(42-32)12-6-7-17-39-37(47)35(45-38(48)49-2)24-9-4-3-5-10-24;1-5(2)6(4-9)8-7(10)11-3/h3-5,9-10,13-16,19-23,33,35H,6-8,11-12,17-18H2,1-2H3,(H,39,47)(H,41,42)(H,43,44)(H,45,48);4-6H,1-3H3,(H,8,10). The lowest BCUT2D eigenvalue weighted by Crippen LogP contribution is -2.40. The van der Waals surface area contributed by atoms with Gasteiger partial charge in [-0.3, -0.25) is 14.7 Å². The third-order valence-corrected chi connectivity index (χ3v) is 10.6. The minimum absolute atomic E-state index is 0.0894. The van der Waals surface area contributed by atoms with Crippen molar-refractivity contribution in [2.75, 3.05) is 34.4 Å². The van der Waals surface area contributed by atoms with Crippen LogP contribution in [0.5, 0.6) is 0 Å². The number of nitrogens with zero attached hydrogens (tertiary/aromatic N) is 4. The van der Waals surface area contributed by atoms with E-state index in [0.29, 0.717) is 24.4 Å². The molecule has 0 spiro atoms. The molecule has 1 aliphatic rings. The molecule has 4 heterocycles. The van der Waals surface area contributed by atoms with E-state index in [1.165, 1.54) is 20.6 Å². The highest BCUT2D eigenvalue weighted by molar-refractivity contribution is 5.89. The molecule has 3 aromatic heterocycles. The predicted molar refractivity (Wildman–Crippen MR) is 230 cm³/mol. The van der Waals surface area contributed by atoms with Crippen LogP contribution in [0.1, 0.15) is 68.8 Å². The number of imidazole rings is 2. The number of carbonyl (C=O) groups excluding carboxylic acids is 4. The lowest BCUT2D eigenvalue weighted by atomic mass is 10.0. The van der Waals surface area contributed by atoms with E-state index in [-0.39, 0.29) is 11.8 Å². The number of aldehydes is 1. The van der Waals surface area contributed by atoms with Gasteiger partial charge in [0.05, 0.1) is 54.7 Å². The fourth-order valence-electron chi connectivity index (χ4n) is 7.11. The van der Waals surface area contributed by atoms with Crippen molar-refractivity contribution in [3.63, 3.8) is 0 Å². The number of methoxy groups -OCH3 is 2. The first-order valence-corrected chi connectivity index (χ1v) is 20.2.